The zero-order chi connectivity index (χ0) is 19.3. The van der Waals surface area contributed by atoms with Crippen LogP contribution in [0.5, 0.6) is 0 Å². The Labute approximate surface area is 171 Å². The van der Waals surface area contributed by atoms with Crippen LogP contribution in [0.3, 0.4) is 0 Å². The van der Waals surface area contributed by atoms with Gasteiger partial charge in [0.15, 0.2) is 0 Å². The van der Waals surface area contributed by atoms with Crippen LogP contribution in [0.4, 0.5) is 17.5 Å². The van der Waals surface area contributed by atoms with Gasteiger partial charge in [-0.2, -0.15) is 10.1 Å². The van der Waals surface area contributed by atoms with Crippen LogP contribution in [0, 0.1) is 17.8 Å². The fourth-order valence-electron chi connectivity index (χ4n) is 4.48. The highest BCUT2D eigenvalue weighted by molar-refractivity contribution is 9.10. The molecule has 0 aliphatic heterocycles. The largest absolute Gasteiger partial charge is 0.369 e. The molecule has 2 fully saturated rings. The Morgan fingerprint density at radius 3 is 2.82 bits per heavy atom. The van der Waals surface area contributed by atoms with Crippen molar-refractivity contribution in [3.63, 3.8) is 0 Å². The number of hydrogen-bond acceptors (Lipinski definition) is 6. The first-order chi connectivity index (χ1) is 13.6. The number of aromatic nitrogens is 4. The quantitative estimate of drug-likeness (QED) is 0.591. The highest BCUT2D eigenvalue weighted by Gasteiger charge is 2.47. The van der Waals surface area contributed by atoms with E-state index in [1.165, 1.54) is 19.3 Å². The molecule has 4 N–H and O–H groups in total. The molecule has 1 amide bonds. The van der Waals surface area contributed by atoms with Crippen LogP contribution >= 0.6 is 15.9 Å². The van der Waals surface area contributed by atoms with Crippen LogP contribution in [0.15, 0.2) is 35.2 Å². The van der Waals surface area contributed by atoms with Gasteiger partial charge in [0, 0.05) is 18.4 Å². The minimum atomic E-state index is -0.263. The van der Waals surface area contributed by atoms with E-state index >= 15 is 0 Å². The first-order valence-corrected chi connectivity index (χ1v) is 10.5. The third-order valence-electron chi connectivity index (χ3n) is 6.14. The summed E-state index contributed by atoms with van der Waals surface area (Å²) in [6.07, 6.45) is 14.4. The summed E-state index contributed by atoms with van der Waals surface area (Å²) >= 11 is 3.51. The summed E-state index contributed by atoms with van der Waals surface area (Å²) in [5, 5.41) is 11.1. The molecule has 8 nitrogen and oxygen atoms in total. The van der Waals surface area contributed by atoms with Gasteiger partial charge >= 0.3 is 0 Å². The van der Waals surface area contributed by atoms with E-state index in [2.05, 4.69) is 53.8 Å². The molecule has 0 spiro atoms. The van der Waals surface area contributed by atoms with Crippen molar-refractivity contribution in [1.29, 1.82) is 0 Å². The molecule has 2 saturated carbocycles. The number of nitrogens with zero attached hydrogens (tertiary/aromatic N) is 4. The summed E-state index contributed by atoms with van der Waals surface area (Å²) < 4.78 is 2.75. The summed E-state index contributed by atoms with van der Waals surface area (Å²) in [5.74, 6) is 1.17. The summed E-state index contributed by atoms with van der Waals surface area (Å²) in [4.78, 5) is 20.9. The molecule has 3 aliphatic rings. The minimum absolute atomic E-state index is 0.0482. The van der Waals surface area contributed by atoms with Crippen LogP contribution in [-0.4, -0.2) is 31.7 Å². The molecular formula is C19H22BrN7O. The smallest absolute Gasteiger partial charge is 0.229 e. The van der Waals surface area contributed by atoms with Gasteiger partial charge in [0.2, 0.25) is 11.9 Å². The van der Waals surface area contributed by atoms with Crippen molar-refractivity contribution in [2.45, 2.75) is 37.8 Å². The number of nitrogens with two attached hydrogens (primary N) is 1. The predicted octanol–water partition coefficient (Wildman–Crippen LogP) is 2.99. The molecule has 0 saturated heterocycles. The topological polar surface area (TPSA) is 111 Å². The number of nitrogens with one attached hydrogen (secondary N) is 2. The van der Waals surface area contributed by atoms with Crippen molar-refractivity contribution in [2.24, 2.45) is 23.5 Å². The Bertz CT molecular complexity index is 938. The van der Waals surface area contributed by atoms with Gasteiger partial charge in [-0.15, -0.1) is 0 Å². The number of primary amides is 1. The number of anilines is 3. The van der Waals surface area contributed by atoms with Crippen molar-refractivity contribution >= 4 is 39.3 Å². The molecule has 3 aliphatic carbocycles. The lowest BCUT2D eigenvalue weighted by Gasteiger charge is -2.27. The normalized spacial score (nSPS) is 28.3. The van der Waals surface area contributed by atoms with E-state index in [1.807, 2.05) is 10.9 Å². The summed E-state index contributed by atoms with van der Waals surface area (Å²) in [7, 11) is 0. The van der Waals surface area contributed by atoms with E-state index in [4.69, 9.17) is 5.73 Å². The van der Waals surface area contributed by atoms with Crippen molar-refractivity contribution in [2.75, 3.05) is 10.6 Å². The lowest BCUT2D eigenvalue weighted by Crippen LogP contribution is -2.41. The van der Waals surface area contributed by atoms with E-state index in [-0.39, 0.29) is 23.8 Å². The molecule has 2 heterocycles. The highest BCUT2D eigenvalue weighted by Crippen LogP contribution is 2.45. The van der Waals surface area contributed by atoms with Gasteiger partial charge in [0.1, 0.15) is 5.82 Å². The van der Waals surface area contributed by atoms with Crippen molar-refractivity contribution in [3.05, 3.63) is 35.2 Å². The van der Waals surface area contributed by atoms with E-state index in [9.17, 15) is 4.79 Å². The molecule has 4 atom stereocenters. The Kier molecular flexibility index (Phi) is 4.34. The van der Waals surface area contributed by atoms with Gasteiger partial charge in [0.25, 0.3) is 0 Å². The second-order valence-electron chi connectivity index (χ2n) is 7.86. The Morgan fingerprint density at radius 1 is 1.25 bits per heavy atom. The van der Waals surface area contributed by atoms with Gasteiger partial charge in [-0.25, -0.2) is 4.98 Å². The molecule has 5 rings (SSSR count). The predicted molar refractivity (Wildman–Crippen MR) is 109 cm³/mol. The Morgan fingerprint density at radius 2 is 2.07 bits per heavy atom. The third-order valence-corrected chi connectivity index (χ3v) is 6.72. The van der Waals surface area contributed by atoms with Crippen LogP contribution in [0.2, 0.25) is 0 Å². The first-order valence-electron chi connectivity index (χ1n) is 9.66. The Balaban J connectivity index is 1.34. The SMILES string of the molecule is NC(=O)[C@@H]1[C@H](Nc2nc(Nc3cnn(C4CCC4)c3)ncc2Br)[C@H]2C=C[C@@H]1C2. The Hall–Kier alpha value is -2.42. The maximum Gasteiger partial charge on any atom is 0.229 e. The number of halogens is 1. The molecule has 2 aromatic heterocycles. The highest BCUT2D eigenvalue weighted by atomic mass is 79.9. The van der Waals surface area contributed by atoms with Crippen LogP contribution in [0.1, 0.15) is 31.7 Å². The fraction of sp³-hybridized carbons (Fsp3) is 0.474. The van der Waals surface area contributed by atoms with Crippen LogP contribution in [-0.2, 0) is 4.79 Å². The zero-order valence-corrected chi connectivity index (χ0v) is 16.8. The number of hydrogen-bond donors (Lipinski definition) is 3. The van der Waals surface area contributed by atoms with Crippen LogP contribution in [0.25, 0.3) is 0 Å². The van der Waals surface area contributed by atoms with Gasteiger partial charge in [-0.3, -0.25) is 9.48 Å². The lowest BCUT2D eigenvalue weighted by atomic mass is 9.88. The summed E-state index contributed by atoms with van der Waals surface area (Å²) in [6.45, 7) is 0. The number of fused-ring (bicyclic) bond motifs is 2. The third kappa shape index (κ3) is 3.07. The first kappa shape index (κ1) is 17.7. The second kappa shape index (κ2) is 6.88. The molecule has 9 heteroatoms. The van der Waals surface area contributed by atoms with Gasteiger partial charge < -0.3 is 16.4 Å². The number of amides is 1. The van der Waals surface area contributed by atoms with E-state index in [0.29, 0.717) is 23.7 Å². The number of allylic oxidation sites excluding steroid dienone is 1. The summed E-state index contributed by atoms with van der Waals surface area (Å²) in [6, 6.07) is 0.461. The van der Waals surface area contributed by atoms with Crippen molar-refractivity contribution in [1.82, 2.24) is 19.7 Å². The molecule has 28 heavy (non-hydrogen) atoms. The molecule has 0 unspecified atom stereocenters. The molecule has 2 bridgehead atoms. The van der Waals surface area contributed by atoms with Gasteiger partial charge in [-0.1, -0.05) is 12.2 Å². The van der Waals surface area contributed by atoms with Crippen LogP contribution < -0.4 is 16.4 Å². The monoisotopic (exact) mass is 443 g/mol. The number of rotatable bonds is 6. The average Bonchev–Trinajstić information content (AvgIpc) is 3.33. The second-order valence-corrected chi connectivity index (χ2v) is 8.71. The maximum absolute atomic E-state index is 12.0. The molecular weight excluding hydrogens is 422 g/mol. The molecule has 0 aromatic carbocycles. The lowest BCUT2D eigenvalue weighted by molar-refractivity contribution is -0.122. The fourth-order valence-corrected chi connectivity index (χ4v) is 4.78. The minimum Gasteiger partial charge on any atom is -0.369 e. The van der Waals surface area contributed by atoms with Crippen molar-refractivity contribution < 1.29 is 4.79 Å². The maximum atomic E-state index is 12.0. The average molecular weight is 444 g/mol. The zero-order valence-electron chi connectivity index (χ0n) is 15.3. The number of carbonyl (C=O) groups excluding carboxylic acids is 1. The van der Waals surface area contributed by atoms with E-state index in [1.54, 1.807) is 12.4 Å². The number of carbonyl (C=O) groups is 1. The standard InChI is InChI=1S/C19H22BrN7O/c20-14-8-22-19(24-12-7-23-27(9-12)13-2-1-3-13)26-18(14)25-16-11-5-4-10(6-11)15(16)17(21)28/h4-5,7-11,13,15-16H,1-3,6H2,(H2,21,28)(H2,22,24,25,26)/t10-,11+,15+,16-/m1/s1. The molecule has 2 aromatic rings. The van der Waals surface area contributed by atoms with E-state index in [0.717, 1.165) is 16.6 Å². The van der Waals surface area contributed by atoms with Gasteiger partial charge in [0.05, 0.1) is 28.3 Å². The van der Waals surface area contributed by atoms with E-state index < -0.39 is 0 Å². The molecule has 146 valence electrons. The molecule has 0 radical (unpaired) electrons. The van der Waals surface area contributed by atoms with Gasteiger partial charge in [-0.05, 0) is 53.4 Å². The summed E-state index contributed by atoms with van der Waals surface area (Å²) in [5.41, 5.74) is 6.52. The van der Waals surface area contributed by atoms with Crippen molar-refractivity contribution in [3.8, 4) is 0 Å².